The van der Waals surface area contributed by atoms with Crippen LogP contribution < -0.4 is 33.3 Å². The number of anilines is 2. The topological polar surface area (TPSA) is 193 Å². The monoisotopic (exact) mass is 332 g/mol. The molecule has 11 heteroatoms. The fourth-order valence-electron chi connectivity index (χ4n) is 1.79. The number of nitrogens with one attached hydrogen (secondary N) is 4. The van der Waals surface area contributed by atoms with E-state index in [1.54, 1.807) is 0 Å². The lowest BCUT2D eigenvalue weighted by molar-refractivity contribution is 0.0964. The number of hydrogen-bond acceptors (Lipinski definition) is 6. The third-order valence-electron chi connectivity index (χ3n) is 2.83. The summed E-state index contributed by atoms with van der Waals surface area (Å²) in [6.07, 6.45) is 0. The van der Waals surface area contributed by atoms with E-state index in [0.717, 1.165) is 0 Å². The Morgan fingerprint density at radius 2 is 1.75 bits per heavy atom. The summed E-state index contributed by atoms with van der Waals surface area (Å²) in [6.45, 7) is 0. The summed E-state index contributed by atoms with van der Waals surface area (Å²) in [4.78, 5) is 61.0. The Morgan fingerprint density at radius 3 is 2.42 bits per heavy atom. The molecule has 4 amide bonds. The van der Waals surface area contributed by atoms with Crippen molar-refractivity contribution in [3.63, 3.8) is 0 Å². The average Bonchev–Trinajstić information content (AvgIpc) is 2.50. The zero-order valence-corrected chi connectivity index (χ0v) is 12.0. The van der Waals surface area contributed by atoms with Crippen LogP contribution in [-0.4, -0.2) is 27.8 Å². The molecule has 1 heterocycles. The fraction of sp³-hybridized carbons (Fsp3) is 0. The van der Waals surface area contributed by atoms with Gasteiger partial charge >= 0.3 is 11.7 Å². The van der Waals surface area contributed by atoms with Gasteiger partial charge in [-0.2, -0.15) is 0 Å². The van der Waals surface area contributed by atoms with Gasteiger partial charge in [-0.05, 0) is 18.2 Å². The van der Waals surface area contributed by atoms with Gasteiger partial charge in [0, 0.05) is 11.3 Å². The van der Waals surface area contributed by atoms with Gasteiger partial charge in [0.05, 0.1) is 0 Å². The summed E-state index contributed by atoms with van der Waals surface area (Å²) in [6, 6.07) is 4.51. The van der Waals surface area contributed by atoms with Crippen molar-refractivity contribution in [2.24, 2.45) is 5.73 Å². The van der Waals surface area contributed by atoms with E-state index in [-0.39, 0.29) is 11.3 Å². The van der Waals surface area contributed by atoms with Crippen molar-refractivity contribution in [3.05, 3.63) is 56.4 Å². The van der Waals surface area contributed by atoms with E-state index in [1.807, 2.05) is 10.3 Å². The molecule has 0 bridgehead atoms. The second-order valence-corrected chi connectivity index (χ2v) is 4.55. The van der Waals surface area contributed by atoms with E-state index in [2.05, 4.69) is 10.3 Å². The molecule has 0 spiro atoms. The number of imide groups is 1. The second-order valence-electron chi connectivity index (χ2n) is 4.55. The zero-order chi connectivity index (χ0) is 17.9. The number of nitrogens with two attached hydrogens (primary N) is 2. The normalized spacial score (nSPS) is 10.0. The predicted octanol–water partition coefficient (Wildman–Crippen LogP) is -1.29. The smallest absolute Gasteiger partial charge is 0.326 e. The lowest BCUT2D eigenvalue weighted by atomic mass is 10.2. The highest BCUT2D eigenvalue weighted by Gasteiger charge is 2.15. The molecule has 0 unspecified atom stereocenters. The minimum absolute atomic E-state index is 0.0546. The zero-order valence-electron chi connectivity index (χ0n) is 12.0. The molecule has 1 aromatic carbocycles. The summed E-state index contributed by atoms with van der Waals surface area (Å²) >= 11 is 0. The molecule has 0 aliphatic heterocycles. The molecule has 0 aliphatic carbocycles. The molecule has 124 valence electrons. The van der Waals surface area contributed by atoms with Crippen molar-refractivity contribution < 1.29 is 14.4 Å². The maximum atomic E-state index is 12.1. The Labute approximate surface area is 133 Å². The highest BCUT2D eigenvalue weighted by molar-refractivity contribution is 6.07. The van der Waals surface area contributed by atoms with Crippen LogP contribution in [0.2, 0.25) is 0 Å². The molecule has 24 heavy (non-hydrogen) atoms. The number of primary amides is 1. The number of benzene rings is 1. The summed E-state index contributed by atoms with van der Waals surface area (Å²) < 4.78 is 0. The largest absolute Gasteiger partial charge is 0.392 e. The highest BCUT2D eigenvalue weighted by Crippen LogP contribution is 2.12. The number of aromatic amines is 2. The molecule has 0 saturated heterocycles. The minimum atomic E-state index is -1.02. The quantitative estimate of drug-likeness (QED) is 0.404. The number of hydrogen-bond donors (Lipinski definition) is 6. The van der Waals surface area contributed by atoms with Gasteiger partial charge in [-0.25, -0.2) is 9.59 Å². The molecule has 0 fully saturated rings. The summed E-state index contributed by atoms with van der Waals surface area (Å²) in [7, 11) is 0. The summed E-state index contributed by atoms with van der Waals surface area (Å²) in [5, 5.41) is 4.23. The average molecular weight is 332 g/mol. The maximum Gasteiger partial charge on any atom is 0.326 e. The van der Waals surface area contributed by atoms with Crippen LogP contribution >= 0.6 is 0 Å². The van der Waals surface area contributed by atoms with Crippen molar-refractivity contribution in [2.75, 3.05) is 11.1 Å². The van der Waals surface area contributed by atoms with Crippen molar-refractivity contribution in [1.82, 2.24) is 15.3 Å². The van der Waals surface area contributed by atoms with Crippen LogP contribution in [0.3, 0.4) is 0 Å². The van der Waals surface area contributed by atoms with E-state index < -0.39 is 40.5 Å². The van der Waals surface area contributed by atoms with Gasteiger partial charge in [-0.1, -0.05) is 6.07 Å². The van der Waals surface area contributed by atoms with Gasteiger partial charge in [0.15, 0.2) is 0 Å². The van der Waals surface area contributed by atoms with Gasteiger partial charge in [0.2, 0.25) is 0 Å². The number of amides is 4. The maximum absolute atomic E-state index is 12.1. The Morgan fingerprint density at radius 1 is 1.04 bits per heavy atom. The van der Waals surface area contributed by atoms with Crippen LogP contribution in [0.5, 0.6) is 0 Å². The molecule has 11 nitrogen and oxygen atoms in total. The van der Waals surface area contributed by atoms with Gasteiger partial charge in [0.25, 0.3) is 17.4 Å². The number of aromatic nitrogens is 2. The summed E-state index contributed by atoms with van der Waals surface area (Å²) in [5.41, 5.74) is 7.84. The number of carbonyl (C=O) groups is 3. The summed E-state index contributed by atoms with van der Waals surface area (Å²) in [5.74, 6) is -1.62. The molecule has 8 N–H and O–H groups in total. The van der Waals surface area contributed by atoms with E-state index >= 15 is 0 Å². The van der Waals surface area contributed by atoms with Crippen molar-refractivity contribution in [3.8, 4) is 0 Å². The third kappa shape index (κ3) is 3.65. The molecule has 2 rings (SSSR count). The second kappa shape index (κ2) is 6.48. The Kier molecular flexibility index (Phi) is 4.45. The molecule has 0 aliphatic rings. The SMILES string of the molecule is NC(=O)NC(=O)c1cccc(NC(=O)c2[nH]c(=O)[nH]c(=O)c2N)c1. The van der Waals surface area contributed by atoms with Gasteiger partial charge in [0.1, 0.15) is 11.4 Å². The lowest BCUT2D eigenvalue weighted by Crippen LogP contribution is -2.35. The van der Waals surface area contributed by atoms with Crippen LogP contribution in [0.4, 0.5) is 16.2 Å². The molecule has 2 aromatic rings. The first-order valence-electron chi connectivity index (χ1n) is 6.42. The molecule has 0 saturated carbocycles. The van der Waals surface area contributed by atoms with Crippen molar-refractivity contribution in [1.29, 1.82) is 0 Å². The standard InChI is InChI=1S/C13H12N6O5/c14-7-8(17-13(24)19-10(7)21)11(22)16-6-3-1-2-5(4-6)9(20)18-12(15)23/h1-4H,14H2,(H,16,22)(H3,15,18,20,23)(H2,17,19,21,24). The molecule has 0 atom stereocenters. The van der Waals surface area contributed by atoms with E-state index in [9.17, 15) is 24.0 Å². The van der Waals surface area contributed by atoms with Crippen molar-refractivity contribution >= 4 is 29.2 Å². The van der Waals surface area contributed by atoms with Crippen LogP contribution in [0, 0.1) is 0 Å². The van der Waals surface area contributed by atoms with E-state index in [1.165, 1.54) is 24.3 Å². The van der Waals surface area contributed by atoms with Crippen molar-refractivity contribution in [2.45, 2.75) is 0 Å². The first-order chi connectivity index (χ1) is 11.3. The van der Waals surface area contributed by atoms with Gasteiger partial charge in [-0.3, -0.25) is 24.7 Å². The number of H-pyrrole nitrogens is 2. The van der Waals surface area contributed by atoms with E-state index in [4.69, 9.17) is 11.5 Å². The number of carbonyl (C=O) groups excluding carboxylic acids is 3. The Hall–Kier alpha value is -3.89. The first-order valence-corrected chi connectivity index (χ1v) is 6.42. The Bertz CT molecular complexity index is 944. The predicted molar refractivity (Wildman–Crippen MR) is 83.5 cm³/mol. The van der Waals surface area contributed by atoms with Crippen LogP contribution in [-0.2, 0) is 0 Å². The van der Waals surface area contributed by atoms with Gasteiger partial charge < -0.3 is 21.8 Å². The molecular weight excluding hydrogens is 320 g/mol. The van der Waals surface area contributed by atoms with Crippen LogP contribution in [0.25, 0.3) is 0 Å². The van der Waals surface area contributed by atoms with Crippen LogP contribution in [0.1, 0.15) is 20.8 Å². The molecular formula is C13H12N6O5. The first kappa shape index (κ1) is 16.5. The third-order valence-corrected chi connectivity index (χ3v) is 2.83. The number of urea groups is 1. The van der Waals surface area contributed by atoms with Crippen LogP contribution in [0.15, 0.2) is 33.9 Å². The molecule has 1 aromatic heterocycles. The van der Waals surface area contributed by atoms with E-state index in [0.29, 0.717) is 0 Å². The lowest BCUT2D eigenvalue weighted by Gasteiger charge is -2.08. The minimum Gasteiger partial charge on any atom is -0.392 e. The van der Waals surface area contributed by atoms with Gasteiger partial charge in [-0.15, -0.1) is 0 Å². The fourth-order valence-corrected chi connectivity index (χ4v) is 1.79. The number of rotatable bonds is 3. The molecule has 0 radical (unpaired) electrons. The Balaban J connectivity index is 2.27. The highest BCUT2D eigenvalue weighted by atomic mass is 16.2. The number of nitrogen functional groups attached to an aromatic ring is 1.